The quantitative estimate of drug-likeness (QED) is 0.630. The lowest BCUT2D eigenvalue weighted by atomic mass is 10.1. The van der Waals surface area contributed by atoms with Crippen LogP contribution in [0.5, 0.6) is 11.5 Å². The highest BCUT2D eigenvalue weighted by Crippen LogP contribution is 2.43. The molecule has 1 aliphatic rings. The van der Waals surface area contributed by atoms with Crippen molar-refractivity contribution in [1.29, 1.82) is 5.26 Å². The molecule has 3 rings (SSSR count). The van der Waals surface area contributed by atoms with Crippen molar-refractivity contribution >= 4 is 11.4 Å². The molecule has 0 aliphatic carbocycles. The van der Waals surface area contributed by atoms with E-state index in [0.717, 1.165) is 22.7 Å². The molecule has 3 heteroatoms. The van der Waals surface area contributed by atoms with E-state index in [9.17, 15) is 0 Å². The van der Waals surface area contributed by atoms with Crippen LogP contribution in [-0.4, -0.2) is 0 Å². The van der Waals surface area contributed by atoms with E-state index in [1.54, 1.807) is 12.1 Å². The smallest absolute Gasteiger partial charge is 0.152 e. The van der Waals surface area contributed by atoms with Gasteiger partial charge in [0.1, 0.15) is 0 Å². The summed E-state index contributed by atoms with van der Waals surface area (Å²) in [6.07, 6.45) is 0. The molecule has 0 unspecified atom stereocenters. The topological polar surface area (TPSA) is 45.0 Å². The van der Waals surface area contributed by atoms with Gasteiger partial charge in [-0.2, -0.15) is 5.26 Å². The van der Waals surface area contributed by atoms with Crippen LogP contribution in [0.3, 0.4) is 0 Å². The molecule has 0 saturated carbocycles. The van der Waals surface area contributed by atoms with Crippen LogP contribution >= 0.6 is 0 Å². The second-order valence-electron chi connectivity index (χ2n) is 4.00. The third-order valence-electron chi connectivity index (χ3n) is 2.82. The zero-order valence-corrected chi connectivity index (χ0v) is 9.32. The highest BCUT2D eigenvalue weighted by atomic mass is 16.5. The van der Waals surface area contributed by atoms with Gasteiger partial charge >= 0.3 is 0 Å². The molecule has 0 amide bonds. The van der Waals surface area contributed by atoms with Gasteiger partial charge in [-0.15, -0.1) is 0 Å². The summed E-state index contributed by atoms with van der Waals surface area (Å²) >= 11 is 0. The van der Waals surface area contributed by atoms with E-state index in [2.05, 4.69) is 11.4 Å². The van der Waals surface area contributed by atoms with E-state index in [4.69, 9.17) is 10.00 Å². The molecule has 0 radical (unpaired) electrons. The molecule has 0 atom stereocenters. The predicted octanol–water partition coefficient (Wildman–Crippen LogP) is 3.72. The second kappa shape index (κ2) is 3.53. The van der Waals surface area contributed by atoms with Gasteiger partial charge in [-0.25, -0.2) is 0 Å². The average Bonchev–Trinajstić information content (AvgIpc) is 2.36. The first-order chi connectivity index (χ1) is 8.28. The summed E-state index contributed by atoms with van der Waals surface area (Å²) < 4.78 is 5.79. The fraction of sp³-hybridized carbons (Fsp3) is 0.0714. The van der Waals surface area contributed by atoms with Crippen molar-refractivity contribution < 1.29 is 4.74 Å². The van der Waals surface area contributed by atoms with Crippen molar-refractivity contribution in [1.82, 2.24) is 0 Å². The van der Waals surface area contributed by atoms with E-state index >= 15 is 0 Å². The highest BCUT2D eigenvalue weighted by Gasteiger charge is 2.17. The number of nitriles is 1. The maximum Gasteiger partial charge on any atom is 0.152 e. The van der Waals surface area contributed by atoms with E-state index in [1.807, 2.05) is 31.2 Å². The molecule has 2 aromatic rings. The van der Waals surface area contributed by atoms with Crippen LogP contribution < -0.4 is 10.1 Å². The summed E-state index contributed by atoms with van der Waals surface area (Å²) in [5.41, 5.74) is 3.62. The van der Waals surface area contributed by atoms with Gasteiger partial charge in [0, 0.05) is 6.07 Å². The van der Waals surface area contributed by atoms with E-state index in [1.165, 1.54) is 0 Å². The number of aryl methyl sites for hydroxylation is 1. The van der Waals surface area contributed by atoms with Crippen LogP contribution in [0.1, 0.15) is 11.1 Å². The van der Waals surface area contributed by atoms with Crippen molar-refractivity contribution in [2.75, 3.05) is 5.32 Å². The lowest BCUT2D eigenvalue weighted by molar-refractivity contribution is 0.480. The standard InChI is InChI=1S/C14H10N2O/c1-9-3-2-4-12-14(9)16-11-6-5-10(8-15)7-13(11)17-12/h2-7,16H,1H3. The molecule has 0 saturated heterocycles. The number of hydrogen-bond donors (Lipinski definition) is 1. The Balaban J connectivity index is 2.11. The summed E-state index contributed by atoms with van der Waals surface area (Å²) in [5, 5.41) is 12.2. The third kappa shape index (κ3) is 1.51. The molecular formula is C14H10N2O. The Kier molecular flexibility index (Phi) is 2.02. The Morgan fingerprint density at radius 2 is 2.06 bits per heavy atom. The number of rotatable bonds is 0. The molecule has 3 nitrogen and oxygen atoms in total. The highest BCUT2D eigenvalue weighted by molar-refractivity contribution is 5.78. The number of para-hydroxylation sites is 1. The van der Waals surface area contributed by atoms with Gasteiger partial charge < -0.3 is 10.1 Å². The van der Waals surface area contributed by atoms with E-state index in [0.29, 0.717) is 11.3 Å². The summed E-state index contributed by atoms with van der Waals surface area (Å²) in [6, 6.07) is 13.4. The van der Waals surface area contributed by atoms with Crippen molar-refractivity contribution in [3.8, 4) is 17.6 Å². The minimum atomic E-state index is 0.599. The number of hydrogen-bond acceptors (Lipinski definition) is 3. The number of nitrogens with one attached hydrogen (secondary N) is 1. The van der Waals surface area contributed by atoms with Crippen molar-refractivity contribution in [2.24, 2.45) is 0 Å². The van der Waals surface area contributed by atoms with Crippen LogP contribution in [0.2, 0.25) is 0 Å². The molecule has 1 aliphatic heterocycles. The lowest BCUT2D eigenvalue weighted by Crippen LogP contribution is -2.04. The van der Waals surface area contributed by atoms with Gasteiger partial charge in [0.15, 0.2) is 11.5 Å². The van der Waals surface area contributed by atoms with Crippen LogP contribution in [-0.2, 0) is 0 Å². The van der Waals surface area contributed by atoms with Gasteiger partial charge in [0.05, 0.1) is 23.0 Å². The fourth-order valence-corrected chi connectivity index (χ4v) is 1.92. The number of benzene rings is 2. The summed E-state index contributed by atoms with van der Waals surface area (Å²) in [4.78, 5) is 0. The minimum Gasteiger partial charge on any atom is -0.453 e. The first-order valence-corrected chi connectivity index (χ1v) is 5.36. The first-order valence-electron chi connectivity index (χ1n) is 5.36. The zero-order valence-electron chi connectivity index (χ0n) is 9.32. The molecule has 2 aromatic carbocycles. The maximum absolute atomic E-state index is 8.85. The molecular weight excluding hydrogens is 212 g/mol. The summed E-state index contributed by atoms with van der Waals surface area (Å²) in [6.45, 7) is 2.03. The van der Waals surface area contributed by atoms with Gasteiger partial charge in [0.25, 0.3) is 0 Å². The molecule has 0 spiro atoms. The summed E-state index contributed by atoms with van der Waals surface area (Å²) in [5.74, 6) is 1.50. The monoisotopic (exact) mass is 222 g/mol. The minimum absolute atomic E-state index is 0.599. The van der Waals surface area contributed by atoms with Gasteiger partial charge in [0.2, 0.25) is 0 Å². The number of ether oxygens (including phenoxy) is 1. The van der Waals surface area contributed by atoms with Crippen LogP contribution in [0, 0.1) is 18.3 Å². The van der Waals surface area contributed by atoms with Gasteiger partial charge in [-0.3, -0.25) is 0 Å². The zero-order chi connectivity index (χ0) is 11.8. The SMILES string of the molecule is Cc1cccc2c1Nc1ccc(C#N)cc1O2. The van der Waals surface area contributed by atoms with Gasteiger partial charge in [-0.05, 0) is 30.7 Å². The second-order valence-corrected chi connectivity index (χ2v) is 4.00. The fourth-order valence-electron chi connectivity index (χ4n) is 1.92. The largest absolute Gasteiger partial charge is 0.453 e. The van der Waals surface area contributed by atoms with E-state index < -0.39 is 0 Å². The van der Waals surface area contributed by atoms with Crippen LogP contribution in [0.4, 0.5) is 11.4 Å². The normalized spacial score (nSPS) is 11.5. The molecule has 1 N–H and O–H groups in total. The number of anilines is 2. The van der Waals surface area contributed by atoms with Crippen molar-refractivity contribution in [3.63, 3.8) is 0 Å². The Morgan fingerprint density at radius 3 is 2.88 bits per heavy atom. The number of nitrogens with zero attached hydrogens (tertiary/aromatic N) is 1. The Morgan fingerprint density at radius 1 is 1.18 bits per heavy atom. The van der Waals surface area contributed by atoms with Crippen molar-refractivity contribution in [2.45, 2.75) is 6.92 Å². The average molecular weight is 222 g/mol. The van der Waals surface area contributed by atoms with Crippen LogP contribution in [0.25, 0.3) is 0 Å². The Labute approximate surface area is 99.3 Å². The van der Waals surface area contributed by atoms with Gasteiger partial charge in [-0.1, -0.05) is 12.1 Å². The molecule has 1 heterocycles. The Hall–Kier alpha value is -2.47. The van der Waals surface area contributed by atoms with Crippen molar-refractivity contribution in [3.05, 3.63) is 47.5 Å². The number of fused-ring (bicyclic) bond motifs is 2. The third-order valence-corrected chi connectivity index (χ3v) is 2.82. The molecule has 0 bridgehead atoms. The van der Waals surface area contributed by atoms with E-state index in [-0.39, 0.29) is 0 Å². The summed E-state index contributed by atoms with van der Waals surface area (Å²) in [7, 11) is 0. The lowest BCUT2D eigenvalue weighted by Gasteiger charge is -2.23. The maximum atomic E-state index is 8.85. The molecule has 82 valence electrons. The predicted molar refractivity (Wildman–Crippen MR) is 65.7 cm³/mol. The Bertz CT molecular complexity index is 641. The first kappa shape index (κ1) is 9.73. The molecule has 0 fully saturated rings. The van der Waals surface area contributed by atoms with Crippen LogP contribution in [0.15, 0.2) is 36.4 Å². The molecule has 0 aromatic heterocycles. The molecule has 17 heavy (non-hydrogen) atoms.